The zero-order valence-corrected chi connectivity index (χ0v) is 11.5. The van der Waals surface area contributed by atoms with Crippen LogP contribution in [0.2, 0.25) is 0 Å². The van der Waals surface area contributed by atoms with E-state index in [1.807, 2.05) is 5.32 Å². The molecule has 3 atom stereocenters. The van der Waals surface area contributed by atoms with Crippen LogP contribution in [0.15, 0.2) is 0 Å². The zero-order chi connectivity index (χ0) is 14.5. The van der Waals surface area contributed by atoms with Crippen LogP contribution in [0.4, 0.5) is 13.2 Å². The van der Waals surface area contributed by atoms with Crippen molar-refractivity contribution in [1.29, 1.82) is 0 Å². The van der Waals surface area contributed by atoms with Gasteiger partial charge in [0.05, 0.1) is 6.04 Å². The van der Waals surface area contributed by atoms with Crippen molar-refractivity contribution < 1.29 is 18.0 Å². The van der Waals surface area contributed by atoms with Crippen molar-refractivity contribution in [2.45, 2.75) is 64.2 Å². The highest BCUT2D eigenvalue weighted by atomic mass is 19.4. The molecule has 112 valence electrons. The number of rotatable bonds is 5. The van der Waals surface area contributed by atoms with Crippen LogP contribution in [0.25, 0.3) is 0 Å². The van der Waals surface area contributed by atoms with E-state index in [-0.39, 0.29) is 6.04 Å². The van der Waals surface area contributed by atoms with Crippen molar-refractivity contribution in [2.24, 2.45) is 5.92 Å². The lowest BCUT2D eigenvalue weighted by Gasteiger charge is -2.31. The van der Waals surface area contributed by atoms with Crippen LogP contribution >= 0.6 is 0 Å². The van der Waals surface area contributed by atoms with Crippen LogP contribution in [0, 0.1) is 5.92 Å². The van der Waals surface area contributed by atoms with E-state index >= 15 is 0 Å². The summed E-state index contributed by atoms with van der Waals surface area (Å²) >= 11 is 0. The summed E-state index contributed by atoms with van der Waals surface area (Å²) in [5.41, 5.74) is 0. The summed E-state index contributed by atoms with van der Waals surface area (Å²) in [4.78, 5) is 11.5. The molecule has 3 unspecified atom stereocenters. The molecule has 3 nitrogen and oxygen atoms in total. The molecule has 0 radical (unpaired) electrons. The Kier molecular flexibility index (Phi) is 6.10. The Labute approximate surface area is 112 Å². The molecule has 0 spiro atoms. The fourth-order valence-electron chi connectivity index (χ4n) is 2.58. The van der Waals surface area contributed by atoms with Gasteiger partial charge in [-0.25, -0.2) is 0 Å². The van der Waals surface area contributed by atoms with Crippen molar-refractivity contribution >= 4 is 5.91 Å². The average Bonchev–Trinajstić information content (AvgIpc) is 2.35. The van der Waals surface area contributed by atoms with Crippen molar-refractivity contribution in [3.05, 3.63) is 0 Å². The zero-order valence-electron chi connectivity index (χ0n) is 11.5. The summed E-state index contributed by atoms with van der Waals surface area (Å²) < 4.78 is 36.0. The maximum Gasteiger partial charge on any atom is 0.405 e. The van der Waals surface area contributed by atoms with E-state index in [9.17, 15) is 18.0 Å². The molecule has 1 aliphatic carbocycles. The number of halogens is 3. The van der Waals surface area contributed by atoms with Gasteiger partial charge in [0.1, 0.15) is 6.54 Å². The third-order valence-corrected chi connectivity index (χ3v) is 3.70. The van der Waals surface area contributed by atoms with E-state index in [1.165, 1.54) is 6.42 Å². The smallest absolute Gasteiger partial charge is 0.346 e. The van der Waals surface area contributed by atoms with Crippen LogP contribution in [0.5, 0.6) is 0 Å². The molecule has 0 saturated heterocycles. The van der Waals surface area contributed by atoms with E-state index in [1.54, 1.807) is 6.92 Å². The molecule has 0 aromatic rings. The monoisotopic (exact) mass is 280 g/mol. The van der Waals surface area contributed by atoms with Crippen LogP contribution in [0.3, 0.4) is 0 Å². The second-order valence-electron chi connectivity index (χ2n) is 5.36. The Balaban J connectivity index is 2.33. The molecular weight excluding hydrogens is 257 g/mol. The molecule has 19 heavy (non-hydrogen) atoms. The van der Waals surface area contributed by atoms with Gasteiger partial charge in [-0.1, -0.05) is 26.2 Å². The van der Waals surface area contributed by atoms with Gasteiger partial charge in [0.2, 0.25) is 5.91 Å². The maximum absolute atomic E-state index is 12.0. The first-order valence-corrected chi connectivity index (χ1v) is 6.92. The second-order valence-corrected chi connectivity index (χ2v) is 5.36. The maximum atomic E-state index is 12.0. The molecule has 0 aromatic carbocycles. The fourth-order valence-corrected chi connectivity index (χ4v) is 2.58. The summed E-state index contributed by atoms with van der Waals surface area (Å²) in [6.07, 6.45) is 1.09. The van der Waals surface area contributed by atoms with Gasteiger partial charge < -0.3 is 10.6 Å². The van der Waals surface area contributed by atoms with Gasteiger partial charge in [-0.05, 0) is 25.7 Å². The minimum absolute atomic E-state index is 0.241. The lowest BCUT2D eigenvalue weighted by Crippen LogP contribution is -2.49. The van der Waals surface area contributed by atoms with E-state index in [0.717, 1.165) is 25.7 Å². The number of amides is 1. The molecule has 0 heterocycles. The third-order valence-electron chi connectivity index (χ3n) is 3.70. The van der Waals surface area contributed by atoms with Crippen LogP contribution < -0.4 is 10.6 Å². The predicted octanol–water partition coefficient (Wildman–Crippen LogP) is 2.61. The summed E-state index contributed by atoms with van der Waals surface area (Å²) in [7, 11) is 0. The largest absolute Gasteiger partial charge is 0.405 e. The molecule has 1 aliphatic rings. The highest BCUT2D eigenvalue weighted by Crippen LogP contribution is 2.26. The molecule has 1 rings (SSSR count). The summed E-state index contributed by atoms with van der Waals surface area (Å²) in [5.74, 6) is 0.0765. The Morgan fingerprint density at radius 2 is 2.05 bits per heavy atom. The van der Waals surface area contributed by atoms with Crippen LogP contribution in [-0.2, 0) is 4.79 Å². The van der Waals surface area contributed by atoms with Gasteiger partial charge >= 0.3 is 6.18 Å². The van der Waals surface area contributed by atoms with Crippen LogP contribution in [0.1, 0.15) is 46.0 Å². The summed E-state index contributed by atoms with van der Waals surface area (Å²) in [6, 6.07) is -0.340. The molecule has 1 amide bonds. The van der Waals surface area contributed by atoms with Gasteiger partial charge in [-0.15, -0.1) is 0 Å². The van der Waals surface area contributed by atoms with E-state index in [0.29, 0.717) is 5.92 Å². The highest BCUT2D eigenvalue weighted by Gasteiger charge is 2.29. The topological polar surface area (TPSA) is 41.1 Å². The Morgan fingerprint density at radius 3 is 2.63 bits per heavy atom. The number of alkyl halides is 3. The first-order valence-electron chi connectivity index (χ1n) is 6.92. The SMILES string of the molecule is CCC1CCCC(NC(C)C(=O)NCC(F)(F)F)C1. The molecule has 1 saturated carbocycles. The molecule has 0 aromatic heterocycles. The standard InChI is InChI=1S/C13H23F3N2O/c1-3-10-5-4-6-11(7-10)18-9(2)12(19)17-8-13(14,15)16/h9-11,18H,3-8H2,1-2H3,(H,17,19). The lowest BCUT2D eigenvalue weighted by molar-refractivity contribution is -0.139. The molecule has 6 heteroatoms. The van der Waals surface area contributed by atoms with Crippen molar-refractivity contribution in [3.63, 3.8) is 0 Å². The second kappa shape index (κ2) is 7.12. The van der Waals surface area contributed by atoms with Crippen molar-refractivity contribution in [3.8, 4) is 0 Å². The van der Waals surface area contributed by atoms with Crippen molar-refractivity contribution in [2.75, 3.05) is 6.54 Å². The fraction of sp³-hybridized carbons (Fsp3) is 0.923. The molecule has 0 bridgehead atoms. The van der Waals surface area contributed by atoms with E-state index in [2.05, 4.69) is 12.2 Å². The number of carbonyl (C=O) groups excluding carboxylic acids is 1. The van der Waals surface area contributed by atoms with Crippen molar-refractivity contribution in [1.82, 2.24) is 10.6 Å². The molecule has 0 aliphatic heterocycles. The summed E-state index contributed by atoms with van der Waals surface area (Å²) in [5, 5.41) is 5.05. The normalized spacial score (nSPS) is 25.9. The van der Waals surface area contributed by atoms with E-state index in [4.69, 9.17) is 0 Å². The van der Waals surface area contributed by atoms with Gasteiger partial charge in [-0.2, -0.15) is 13.2 Å². The minimum Gasteiger partial charge on any atom is -0.346 e. The van der Waals surface area contributed by atoms with Crippen LogP contribution in [-0.4, -0.2) is 30.7 Å². The first kappa shape index (κ1) is 16.3. The molecule has 1 fully saturated rings. The Hall–Kier alpha value is -0.780. The number of nitrogens with one attached hydrogen (secondary N) is 2. The highest BCUT2D eigenvalue weighted by molar-refractivity contribution is 5.81. The lowest BCUT2D eigenvalue weighted by atomic mass is 9.84. The molecular formula is C13H23F3N2O. The Morgan fingerprint density at radius 1 is 1.37 bits per heavy atom. The number of hydrogen-bond acceptors (Lipinski definition) is 2. The van der Waals surface area contributed by atoms with Gasteiger partial charge in [0.25, 0.3) is 0 Å². The quantitative estimate of drug-likeness (QED) is 0.813. The first-order chi connectivity index (χ1) is 8.81. The summed E-state index contributed by atoms with van der Waals surface area (Å²) in [6.45, 7) is 2.49. The third kappa shape index (κ3) is 6.27. The van der Waals surface area contributed by atoms with E-state index < -0.39 is 24.7 Å². The minimum atomic E-state index is -4.35. The number of hydrogen-bond donors (Lipinski definition) is 2. The Bertz CT molecular complexity index is 294. The van der Waals surface area contributed by atoms with Gasteiger partial charge in [0.15, 0.2) is 0 Å². The molecule has 2 N–H and O–H groups in total. The average molecular weight is 280 g/mol. The number of carbonyl (C=O) groups is 1. The van der Waals surface area contributed by atoms with Gasteiger partial charge in [-0.3, -0.25) is 4.79 Å². The van der Waals surface area contributed by atoms with Gasteiger partial charge in [0, 0.05) is 6.04 Å². The predicted molar refractivity (Wildman–Crippen MR) is 67.7 cm³/mol.